The van der Waals surface area contributed by atoms with Gasteiger partial charge in [0.2, 0.25) is 10.0 Å². The van der Waals surface area contributed by atoms with Crippen molar-refractivity contribution in [2.75, 3.05) is 18.0 Å². The van der Waals surface area contributed by atoms with E-state index in [1.807, 2.05) is 60.7 Å². The maximum atomic E-state index is 11.7. The Balaban J connectivity index is 1.93. The molecule has 5 nitrogen and oxygen atoms in total. The molecule has 1 atom stereocenters. The summed E-state index contributed by atoms with van der Waals surface area (Å²) in [5.41, 5.74) is 5.85. The minimum Gasteiger partial charge on any atom is -0.480 e. The second-order valence-electron chi connectivity index (χ2n) is 7.46. The van der Waals surface area contributed by atoms with Crippen molar-refractivity contribution in [1.82, 2.24) is 0 Å². The van der Waals surface area contributed by atoms with Gasteiger partial charge in [0.05, 0.1) is 5.75 Å². The lowest BCUT2D eigenvalue weighted by molar-refractivity contribution is 0.243. The molecule has 0 saturated heterocycles. The summed E-state index contributed by atoms with van der Waals surface area (Å²) in [4.78, 5) is 2.30. The van der Waals surface area contributed by atoms with Crippen molar-refractivity contribution in [3.05, 3.63) is 83.4 Å². The van der Waals surface area contributed by atoms with Crippen LogP contribution in [0.5, 0.6) is 5.75 Å². The summed E-state index contributed by atoms with van der Waals surface area (Å²) < 4.78 is 29.9. The van der Waals surface area contributed by atoms with Gasteiger partial charge in [0.25, 0.3) is 0 Å². The third-order valence-corrected chi connectivity index (χ3v) is 6.23. The number of primary sulfonamides is 1. The van der Waals surface area contributed by atoms with Crippen LogP contribution in [0.4, 0.5) is 5.69 Å². The molecule has 156 valence electrons. The smallest absolute Gasteiger partial charge is 0.213 e. The fourth-order valence-corrected chi connectivity index (χ4v) is 4.81. The molecule has 1 heterocycles. The number of ether oxygens (including phenoxy) is 1. The first-order valence-corrected chi connectivity index (χ1v) is 11.9. The maximum absolute atomic E-state index is 11.7. The van der Waals surface area contributed by atoms with Gasteiger partial charge in [-0.3, -0.25) is 0 Å². The molecule has 0 bridgehead atoms. The second kappa shape index (κ2) is 8.13. The predicted molar refractivity (Wildman–Crippen MR) is 121 cm³/mol. The fraction of sp³-hybridized carbons (Fsp3) is 0.250. The molecule has 0 fully saturated rings. The highest BCUT2D eigenvalue weighted by Gasteiger charge is 2.30. The molecule has 4 rings (SSSR count). The normalized spacial score (nSPS) is 15.1. The van der Waals surface area contributed by atoms with Crippen molar-refractivity contribution in [3.63, 3.8) is 0 Å². The molecule has 1 unspecified atom stereocenters. The first-order chi connectivity index (χ1) is 14.4. The SMILES string of the molecule is CCN(CC)c1cccc2c1-c1ccc(CS(N)(=O)=O)cc1C(c1ccccc1)O2. The molecular weight excluding hydrogens is 396 g/mol. The molecule has 1 aliphatic rings. The highest BCUT2D eigenvalue weighted by Crippen LogP contribution is 2.49. The van der Waals surface area contributed by atoms with Crippen LogP contribution in [-0.2, 0) is 15.8 Å². The summed E-state index contributed by atoms with van der Waals surface area (Å²) in [6.45, 7) is 6.03. The van der Waals surface area contributed by atoms with E-state index in [1.165, 1.54) is 0 Å². The van der Waals surface area contributed by atoms with Gasteiger partial charge in [0, 0.05) is 29.9 Å². The zero-order valence-electron chi connectivity index (χ0n) is 17.2. The van der Waals surface area contributed by atoms with E-state index in [-0.39, 0.29) is 11.9 Å². The zero-order chi connectivity index (χ0) is 21.3. The average molecular weight is 423 g/mol. The molecule has 3 aromatic rings. The van der Waals surface area contributed by atoms with Crippen LogP contribution in [0.2, 0.25) is 0 Å². The molecule has 0 aromatic heterocycles. The van der Waals surface area contributed by atoms with Crippen LogP contribution in [-0.4, -0.2) is 21.5 Å². The van der Waals surface area contributed by atoms with E-state index in [0.717, 1.165) is 46.8 Å². The van der Waals surface area contributed by atoms with E-state index in [4.69, 9.17) is 9.88 Å². The largest absolute Gasteiger partial charge is 0.480 e. The number of rotatable bonds is 6. The number of anilines is 1. The molecule has 2 N–H and O–H groups in total. The van der Waals surface area contributed by atoms with Gasteiger partial charge in [-0.2, -0.15) is 0 Å². The van der Waals surface area contributed by atoms with Crippen LogP contribution >= 0.6 is 0 Å². The lowest BCUT2D eigenvalue weighted by Gasteiger charge is -2.33. The van der Waals surface area contributed by atoms with Gasteiger partial charge < -0.3 is 9.64 Å². The zero-order valence-corrected chi connectivity index (χ0v) is 18.0. The van der Waals surface area contributed by atoms with E-state index < -0.39 is 10.0 Å². The first-order valence-electron chi connectivity index (χ1n) is 10.1. The molecule has 0 amide bonds. The lowest BCUT2D eigenvalue weighted by Crippen LogP contribution is -2.24. The Kier molecular flexibility index (Phi) is 5.54. The standard InChI is InChI=1S/C24H26N2O3S/c1-3-26(4-2)21-11-8-12-22-23(21)19-14-13-17(16-30(25,27)28)15-20(19)24(29-22)18-9-6-5-7-10-18/h5-15,24H,3-4,16H2,1-2H3,(H2,25,27,28). The van der Waals surface area contributed by atoms with Gasteiger partial charge in [0.15, 0.2) is 0 Å². The molecule has 3 aromatic carbocycles. The predicted octanol–water partition coefficient (Wildman–Crippen LogP) is 4.47. The Labute approximate surface area is 178 Å². The molecular formula is C24H26N2O3S. The molecule has 0 radical (unpaired) electrons. The number of nitrogens with two attached hydrogens (primary N) is 1. The maximum Gasteiger partial charge on any atom is 0.213 e. The second-order valence-corrected chi connectivity index (χ2v) is 9.07. The summed E-state index contributed by atoms with van der Waals surface area (Å²) in [7, 11) is -3.62. The summed E-state index contributed by atoms with van der Waals surface area (Å²) in [5.74, 6) is 0.631. The highest BCUT2D eigenvalue weighted by atomic mass is 32.2. The topological polar surface area (TPSA) is 72.6 Å². The Hall–Kier alpha value is -2.83. The van der Waals surface area contributed by atoms with Crippen LogP contribution in [0.3, 0.4) is 0 Å². The Morgan fingerprint density at radius 3 is 2.37 bits per heavy atom. The Morgan fingerprint density at radius 1 is 0.967 bits per heavy atom. The van der Waals surface area contributed by atoms with Crippen molar-refractivity contribution in [1.29, 1.82) is 0 Å². The third-order valence-electron chi connectivity index (χ3n) is 5.49. The van der Waals surface area contributed by atoms with Crippen molar-refractivity contribution < 1.29 is 13.2 Å². The van der Waals surface area contributed by atoms with Crippen molar-refractivity contribution in [3.8, 4) is 16.9 Å². The quantitative estimate of drug-likeness (QED) is 0.636. The van der Waals surface area contributed by atoms with Gasteiger partial charge in [-0.15, -0.1) is 0 Å². The molecule has 1 aliphatic heterocycles. The van der Waals surface area contributed by atoms with Crippen molar-refractivity contribution in [2.24, 2.45) is 5.14 Å². The van der Waals surface area contributed by atoms with E-state index in [0.29, 0.717) is 5.56 Å². The minimum atomic E-state index is -3.62. The number of sulfonamides is 1. The third kappa shape index (κ3) is 3.93. The van der Waals surface area contributed by atoms with Gasteiger partial charge in [-0.05, 0) is 42.7 Å². The summed E-state index contributed by atoms with van der Waals surface area (Å²) in [6, 6.07) is 21.9. The average Bonchev–Trinajstić information content (AvgIpc) is 2.73. The van der Waals surface area contributed by atoms with E-state index in [2.05, 4.69) is 24.8 Å². The van der Waals surface area contributed by atoms with Crippen LogP contribution in [0.15, 0.2) is 66.7 Å². The van der Waals surface area contributed by atoms with Gasteiger partial charge in [-0.25, -0.2) is 13.6 Å². The van der Waals surface area contributed by atoms with E-state index >= 15 is 0 Å². The molecule has 30 heavy (non-hydrogen) atoms. The highest BCUT2D eigenvalue weighted by molar-refractivity contribution is 7.88. The summed E-state index contributed by atoms with van der Waals surface area (Å²) in [5, 5.41) is 5.30. The summed E-state index contributed by atoms with van der Waals surface area (Å²) in [6.07, 6.45) is -0.318. The Bertz CT molecular complexity index is 1160. The molecule has 0 aliphatic carbocycles. The van der Waals surface area contributed by atoms with Crippen molar-refractivity contribution >= 4 is 15.7 Å². The Morgan fingerprint density at radius 2 is 1.70 bits per heavy atom. The van der Waals surface area contributed by atoms with Crippen LogP contribution in [0, 0.1) is 0 Å². The number of hydrogen-bond donors (Lipinski definition) is 1. The first kappa shape index (κ1) is 20.4. The number of hydrogen-bond acceptors (Lipinski definition) is 4. The van der Waals surface area contributed by atoms with Gasteiger partial charge in [-0.1, -0.05) is 54.6 Å². The molecule has 6 heteroatoms. The van der Waals surface area contributed by atoms with E-state index in [1.54, 1.807) is 0 Å². The fourth-order valence-electron chi connectivity index (χ4n) is 4.16. The van der Waals surface area contributed by atoms with Gasteiger partial charge >= 0.3 is 0 Å². The number of nitrogens with zero attached hydrogens (tertiary/aromatic N) is 1. The number of benzene rings is 3. The molecule has 0 saturated carbocycles. The van der Waals surface area contributed by atoms with E-state index in [9.17, 15) is 8.42 Å². The monoisotopic (exact) mass is 422 g/mol. The van der Waals surface area contributed by atoms with Crippen LogP contribution < -0.4 is 14.8 Å². The molecule has 0 spiro atoms. The number of fused-ring (bicyclic) bond motifs is 3. The van der Waals surface area contributed by atoms with Crippen LogP contribution in [0.25, 0.3) is 11.1 Å². The van der Waals surface area contributed by atoms with Gasteiger partial charge in [0.1, 0.15) is 11.9 Å². The van der Waals surface area contributed by atoms with Crippen LogP contribution in [0.1, 0.15) is 36.6 Å². The van der Waals surface area contributed by atoms with Crippen molar-refractivity contribution in [2.45, 2.75) is 25.7 Å². The minimum absolute atomic E-state index is 0.202. The summed E-state index contributed by atoms with van der Waals surface area (Å²) >= 11 is 0. The lowest BCUT2D eigenvalue weighted by atomic mass is 9.87.